The number of amides is 1. The van der Waals surface area contributed by atoms with Crippen LogP contribution in [0.3, 0.4) is 0 Å². The van der Waals surface area contributed by atoms with Crippen molar-refractivity contribution < 1.29 is 19.4 Å². The first kappa shape index (κ1) is 31.5. The standard InChI is InChI=1S/C37H41N7O4/c1-25(32-12-7-16-39-32)48-36-40-33-23-42(17-14-31(33)35(41-36)43-18-19-44(37(45)46)28(22-43)13-15-38)34-21-29(20-27-10-5-6-11-30(27)34)47-24-26-8-3-2-4-9-26/h2-6,8-11,20-21,25,28,32,39H,7,12-14,16-19,22-24H2,1H3,(H,45,46)/t25-,28+,32-/m1/s1. The van der Waals surface area contributed by atoms with Gasteiger partial charge in [0.05, 0.1) is 30.8 Å². The Bertz CT molecular complexity index is 1810. The number of ether oxygens (including phenoxy) is 2. The molecular formula is C37H41N7O4. The molecule has 3 aromatic carbocycles. The van der Waals surface area contributed by atoms with Gasteiger partial charge in [0, 0.05) is 54.9 Å². The van der Waals surface area contributed by atoms with Gasteiger partial charge in [-0.25, -0.2) is 4.79 Å². The number of aromatic nitrogens is 2. The Hall–Kier alpha value is -5.08. The van der Waals surface area contributed by atoms with Crippen molar-refractivity contribution in [3.05, 3.63) is 83.6 Å². The number of hydrogen-bond acceptors (Lipinski definition) is 9. The van der Waals surface area contributed by atoms with E-state index in [1.54, 1.807) is 0 Å². The molecule has 2 N–H and O–H groups in total. The Morgan fingerprint density at radius 2 is 1.92 bits per heavy atom. The molecular weight excluding hydrogens is 606 g/mol. The van der Waals surface area contributed by atoms with E-state index in [4.69, 9.17) is 19.4 Å². The summed E-state index contributed by atoms with van der Waals surface area (Å²) in [6.07, 6.45) is 1.86. The van der Waals surface area contributed by atoms with Crippen LogP contribution in [0.15, 0.2) is 66.7 Å². The Balaban J connectivity index is 1.22. The molecule has 0 aliphatic carbocycles. The van der Waals surface area contributed by atoms with Crippen molar-refractivity contribution in [1.29, 1.82) is 5.26 Å². The van der Waals surface area contributed by atoms with Gasteiger partial charge < -0.3 is 34.6 Å². The van der Waals surface area contributed by atoms with Crippen LogP contribution in [0.2, 0.25) is 0 Å². The average Bonchev–Trinajstić information content (AvgIpc) is 3.66. The summed E-state index contributed by atoms with van der Waals surface area (Å²) in [5.74, 6) is 1.59. The molecule has 3 aliphatic heterocycles. The lowest BCUT2D eigenvalue weighted by Crippen LogP contribution is -2.55. The van der Waals surface area contributed by atoms with Gasteiger partial charge in [-0.05, 0) is 49.7 Å². The summed E-state index contributed by atoms with van der Waals surface area (Å²) in [7, 11) is 0. The first-order chi connectivity index (χ1) is 23.5. The number of fused-ring (bicyclic) bond motifs is 2. The SMILES string of the molecule is C[C@@H](Oc1nc2c(c(N3CCN(C(=O)O)[C@@H](CC#N)C3)n1)CCN(c1cc(OCc3ccccc3)cc3ccccc13)C2)[C@H]1CCCN1. The molecule has 0 saturated carbocycles. The normalized spacial score (nSPS) is 19.9. The van der Waals surface area contributed by atoms with Gasteiger partial charge in [0.15, 0.2) is 0 Å². The predicted molar refractivity (Wildman–Crippen MR) is 184 cm³/mol. The van der Waals surface area contributed by atoms with Crippen LogP contribution in [0, 0.1) is 11.3 Å². The fourth-order valence-electron chi connectivity index (χ4n) is 7.20. The molecule has 2 saturated heterocycles. The van der Waals surface area contributed by atoms with Crippen LogP contribution in [0.5, 0.6) is 11.8 Å². The maximum Gasteiger partial charge on any atom is 0.407 e. The Morgan fingerprint density at radius 1 is 1.08 bits per heavy atom. The number of carboxylic acid groups (broad SMARTS) is 1. The molecule has 2 fully saturated rings. The Kier molecular flexibility index (Phi) is 9.16. The van der Waals surface area contributed by atoms with Crippen molar-refractivity contribution in [2.75, 3.05) is 42.5 Å². The molecule has 0 unspecified atom stereocenters. The van der Waals surface area contributed by atoms with E-state index in [-0.39, 0.29) is 18.6 Å². The predicted octanol–water partition coefficient (Wildman–Crippen LogP) is 5.37. The van der Waals surface area contributed by atoms with Crippen molar-refractivity contribution >= 4 is 28.4 Å². The molecule has 1 amide bonds. The van der Waals surface area contributed by atoms with Crippen LogP contribution >= 0.6 is 0 Å². The lowest BCUT2D eigenvalue weighted by molar-refractivity contribution is 0.118. The van der Waals surface area contributed by atoms with Crippen molar-refractivity contribution in [2.45, 2.75) is 63.9 Å². The second-order valence-corrected chi connectivity index (χ2v) is 12.8. The highest BCUT2D eigenvalue weighted by atomic mass is 16.5. The topological polar surface area (TPSA) is 127 Å². The van der Waals surface area contributed by atoms with Gasteiger partial charge >= 0.3 is 12.1 Å². The number of piperazine rings is 1. The number of hydrogen-bond donors (Lipinski definition) is 2. The van der Waals surface area contributed by atoms with Crippen LogP contribution < -0.4 is 24.6 Å². The number of carbonyl (C=O) groups is 1. The van der Waals surface area contributed by atoms with Gasteiger partial charge in [-0.3, -0.25) is 0 Å². The molecule has 48 heavy (non-hydrogen) atoms. The summed E-state index contributed by atoms with van der Waals surface area (Å²) in [5.41, 5.74) is 4.13. The summed E-state index contributed by atoms with van der Waals surface area (Å²) in [6.45, 7) is 5.97. The second-order valence-electron chi connectivity index (χ2n) is 12.8. The van der Waals surface area contributed by atoms with E-state index in [2.05, 4.69) is 70.6 Å². The zero-order valence-electron chi connectivity index (χ0n) is 27.2. The molecule has 3 atom stereocenters. The summed E-state index contributed by atoms with van der Waals surface area (Å²) < 4.78 is 12.7. The number of rotatable bonds is 9. The third-order valence-electron chi connectivity index (χ3n) is 9.74. The lowest BCUT2D eigenvalue weighted by atomic mass is 10.0. The van der Waals surface area contributed by atoms with E-state index in [0.29, 0.717) is 45.2 Å². The van der Waals surface area contributed by atoms with Crippen molar-refractivity contribution in [1.82, 2.24) is 20.2 Å². The third-order valence-corrected chi connectivity index (χ3v) is 9.74. The number of nitrogens with zero attached hydrogens (tertiary/aromatic N) is 6. The quantitative estimate of drug-likeness (QED) is 0.245. The molecule has 4 heterocycles. The highest BCUT2D eigenvalue weighted by molar-refractivity contribution is 5.95. The monoisotopic (exact) mass is 647 g/mol. The summed E-state index contributed by atoms with van der Waals surface area (Å²) in [5, 5.41) is 25.0. The number of benzene rings is 3. The van der Waals surface area contributed by atoms with Gasteiger partial charge in [0.1, 0.15) is 24.3 Å². The number of anilines is 2. The van der Waals surface area contributed by atoms with E-state index in [1.807, 2.05) is 24.3 Å². The maximum absolute atomic E-state index is 11.9. The van der Waals surface area contributed by atoms with E-state index in [0.717, 1.165) is 70.8 Å². The van der Waals surface area contributed by atoms with Gasteiger partial charge in [-0.1, -0.05) is 54.6 Å². The maximum atomic E-state index is 11.9. The first-order valence-electron chi connectivity index (χ1n) is 16.8. The number of nitriles is 1. The van der Waals surface area contributed by atoms with Crippen LogP contribution in [-0.2, 0) is 19.6 Å². The fourth-order valence-corrected chi connectivity index (χ4v) is 7.20. The van der Waals surface area contributed by atoms with Gasteiger partial charge in [-0.15, -0.1) is 0 Å². The lowest BCUT2D eigenvalue weighted by Gasteiger charge is -2.41. The molecule has 11 heteroatoms. The minimum absolute atomic E-state index is 0.115. The van der Waals surface area contributed by atoms with Gasteiger partial charge in [-0.2, -0.15) is 15.2 Å². The van der Waals surface area contributed by atoms with Crippen molar-refractivity contribution in [3.8, 4) is 17.8 Å². The molecule has 11 nitrogen and oxygen atoms in total. The minimum atomic E-state index is -1.00. The molecule has 248 valence electrons. The van der Waals surface area contributed by atoms with Crippen LogP contribution in [-0.4, -0.2) is 77.0 Å². The second kappa shape index (κ2) is 14.0. The summed E-state index contributed by atoms with van der Waals surface area (Å²) >= 11 is 0. The van der Waals surface area contributed by atoms with E-state index in [1.165, 1.54) is 4.90 Å². The van der Waals surface area contributed by atoms with E-state index < -0.39 is 12.1 Å². The minimum Gasteiger partial charge on any atom is -0.489 e. The van der Waals surface area contributed by atoms with Gasteiger partial charge in [0.2, 0.25) is 0 Å². The zero-order chi connectivity index (χ0) is 33.0. The average molecular weight is 648 g/mol. The largest absolute Gasteiger partial charge is 0.489 e. The zero-order valence-corrected chi connectivity index (χ0v) is 27.2. The van der Waals surface area contributed by atoms with Crippen LogP contribution in [0.1, 0.15) is 43.0 Å². The molecule has 0 bridgehead atoms. The smallest absolute Gasteiger partial charge is 0.407 e. The molecule has 0 radical (unpaired) electrons. The third kappa shape index (κ3) is 6.66. The molecule has 7 rings (SSSR count). The van der Waals surface area contributed by atoms with E-state index >= 15 is 0 Å². The van der Waals surface area contributed by atoms with Crippen molar-refractivity contribution in [3.63, 3.8) is 0 Å². The molecule has 0 spiro atoms. The molecule has 3 aliphatic rings. The van der Waals surface area contributed by atoms with Crippen molar-refractivity contribution in [2.24, 2.45) is 0 Å². The van der Waals surface area contributed by atoms with Crippen LogP contribution in [0.25, 0.3) is 10.8 Å². The highest BCUT2D eigenvalue weighted by Gasteiger charge is 2.34. The van der Waals surface area contributed by atoms with Gasteiger partial charge in [0.25, 0.3) is 0 Å². The highest BCUT2D eigenvalue weighted by Crippen LogP contribution is 2.37. The number of nitrogens with one attached hydrogen (secondary N) is 1. The molecule has 4 aromatic rings. The first-order valence-corrected chi connectivity index (χ1v) is 16.8. The Morgan fingerprint density at radius 3 is 2.71 bits per heavy atom. The fraction of sp³-hybridized carbons (Fsp3) is 0.405. The molecule has 1 aromatic heterocycles. The summed E-state index contributed by atoms with van der Waals surface area (Å²) in [6, 6.07) is 25.1. The van der Waals surface area contributed by atoms with E-state index in [9.17, 15) is 15.2 Å². The summed E-state index contributed by atoms with van der Waals surface area (Å²) in [4.78, 5) is 27.8. The Labute approximate surface area is 280 Å². The van der Waals surface area contributed by atoms with Crippen LogP contribution in [0.4, 0.5) is 16.3 Å².